The largest absolute Gasteiger partial charge is 0.486 e. The molecule has 1 saturated heterocycles. The van der Waals surface area contributed by atoms with Gasteiger partial charge in [-0.2, -0.15) is 0 Å². The van der Waals surface area contributed by atoms with Crippen molar-refractivity contribution in [3.63, 3.8) is 0 Å². The lowest BCUT2D eigenvalue weighted by Gasteiger charge is -2.19. The number of ether oxygens (including phenoxy) is 2. The summed E-state index contributed by atoms with van der Waals surface area (Å²) >= 11 is 0. The number of fused-ring (bicyclic) bond motifs is 1. The van der Waals surface area contributed by atoms with E-state index in [1.165, 1.54) is 5.56 Å². The molecule has 0 aliphatic carbocycles. The van der Waals surface area contributed by atoms with Gasteiger partial charge < -0.3 is 20.1 Å². The molecular weight excluding hydrogens is 328 g/mol. The summed E-state index contributed by atoms with van der Waals surface area (Å²) in [6.45, 7) is 2.48. The van der Waals surface area contributed by atoms with Gasteiger partial charge in [0.25, 0.3) is 0 Å². The SMILES string of the molecule is N[C@@H]1CN(C(=O)CCc2ccc3c(c2)OCCO3)C[C@H]1c1ccccc1. The molecule has 4 rings (SSSR count). The highest BCUT2D eigenvalue weighted by Crippen LogP contribution is 2.31. The summed E-state index contributed by atoms with van der Waals surface area (Å²) in [5, 5.41) is 0. The summed E-state index contributed by atoms with van der Waals surface area (Å²) in [5.41, 5.74) is 8.60. The minimum absolute atomic E-state index is 0.00403. The number of nitrogens with two attached hydrogens (primary N) is 1. The first-order valence-corrected chi connectivity index (χ1v) is 9.17. The molecule has 5 nitrogen and oxygen atoms in total. The molecule has 0 bridgehead atoms. The molecule has 0 saturated carbocycles. The minimum Gasteiger partial charge on any atom is -0.486 e. The van der Waals surface area contributed by atoms with E-state index in [-0.39, 0.29) is 17.9 Å². The van der Waals surface area contributed by atoms with E-state index < -0.39 is 0 Å². The average Bonchev–Trinajstić information content (AvgIpc) is 3.08. The Morgan fingerprint density at radius 3 is 2.62 bits per heavy atom. The minimum atomic E-state index is -0.00403. The summed E-state index contributed by atoms with van der Waals surface area (Å²) in [4.78, 5) is 14.5. The Morgan fingerprint density at radius 2 is 1.81 bits per heavy atom. The van der Waals surface area contributed by atoms with E-state index in [0.29, 0.717) is 39.1 Å². The van der Waals surface area contributed by atoms with Gasteiger partial charge in [0.05, 0.1) is 0 Å². The fourth-order valence-electron chi connectivity index (χ4n) is 3.74. The van der Waals surface area contributed by atoms with Crippen LogP contribution in [0.5, 0.6) is 11.5 Å². The van der Waals surface area contributed by atoms with Gasteiger partial charge in [0, 0.05) is 31.5 Å². The van der Waals surface area contributed by atoms with E-state index in [1.807, 2.05) is 41.3 Å². The second-order valence-corrected chi connectivity index (χ2v) is 6.96. The van der Waals surface area contributed by atoms with E-state index in [4.69, 9.17) is 15.2 Å². The molecule has 26 heavy (non-hydrogen) atoms. The van der Waals surface area contributed by atoms with E-state index in [0.717, 1.165) is 17.1 Å². The maximum Gasteiger partial charge on any atom is 0.222 e. The van der Waals surface area contributed by atoms with Gasteiger partial charge in [-0.25, -0.2) is 0 Å². The van der Waals surface area contributed by atoms with E-state index in [1.54, 1.807) is 0 Å². The van der Waals surface area contributed by atoms with Gasteiger partial charge in [-0.3, -0.25) is 4.79 Å². The predicted molar refractivity (Wildman–Crippen MR) is 99.5 cm³/mol. The van der Waals surface area contributed by atoms with Crippen LogP contribution in [0.3, 0.4) is 0 Å². The van der Waals surface area contributed by atoms with Crippen molar-refractivity contribution < 1.29 is 14.3 Å². The third-order valence-electron chi connectivity index (χ3n) is 5.18. The van der Waals surface area contributed by atoms with Crippen LogP contribution in [0.15, 0.2) is 48.5 Å². The van der Waals surface area contributed by atoms with Gasteiger partial charge >= 0.3 is 0 Å². The topological polar surface area (TPSA) is 64.8 Å². The third-order valence-corrected chi connectivity index (χ3v) is 5.18. The van der Waals surface area contributed by atoms with Crippen LogP contribution in [0.25, 0.3) is 0 Å². The van der Waals surface area contributed by atoms with E-state index >= 15 is 0 Å². The van der Waals surface area contributed by atoms with Crippen LogP contribution in [0.1, 0.15) is 23.5 Å². The van der Waals surface area contributed by atoms with Crippen LogP contribution in [0, 0.1) is 0 Å². The number of carbonyl (C=O) groups excluding carboxylic acids is 1. The Hall–Kier alpha value is -2.53. The molecule has 0 aromatic heterocycles. The molecule has 2 aliphatic heterocycles. The fourth-order valence-corrected chi connectivity index (χ4v) is 3.74. The number of benzene rings is 2. The highest BCUT2D eigenvalue weighted by molar-refractivity contribution is 5.77. The number of rotatable bonds is 4. The van der Waals surface area contributed by atoms with Gasteiger partial charge in [0.1, 0.15) is 13.2 Å². The Labute approximate surface area is 153 Å². The van der Waals surface area contributed by atoms with Crippen LogP contribution in [-0.4, -0.2) is 43.2 Å². The molecule has 2 N–H and O–H groups in total. The summed E-state index contributed by atoms with van der Waals surface area (Å²) in [6.07, 6.45) is 1.17. The monoisotopic (exact) mass is 352 g/mol. The number of hydrogen-bond donors (Lipinski definition) is 1. The smallest absolute Gasteiger partial charge is 0.222 e. The van der Waals surface area contributed by atoms with Gasteiger partial charge in [0.2, 0.25) is 5.91 Å². The second kappa shape index (κ2) is 7.38. The Morgan fingerprint density at radius 1 is 1.04 bits per heavy atom. The zero-order valence-corrected chi connectivity index (χ0v) is 14.8. The number of nitrogens with zero attached hydrogens (tertiary/aromatic N) is 1. The van der Waals surface area contributed by atoms with Gasteiger partial charge in [-0.05, 0) is 29.7 Å². The molecule has 2 aromatic rings. The second-order valence-electron chi connectivity index (χ2n) is 6.96. The molecule has 136 valence electrons. The molecule has 1 amide bonds. The van der Waals surface area contributed by atoms with Crippen molar-refractivity contribution >= 4 is 5.91 Å². The number of likely N-dealkylation sites (tertiary alicyclic amines) is 1. The zero-order chi connectivity index (χ0) is 17.9. The summed E-state index contributed by atoms with van der Waals surface area (Å²) < 4.78 is 11.1. The van der Waals surface area contributed by atoms with Crippen molar-refractivity contribution in [3.05, 3.63) is 59.7 Å². The number of amides is 1. The molecule has 2 atom stereocenters. The van der Waals surface area contributed by atoms with Gasteiger partial charge in [-0.15, -0.1) is 0 Å². The predicted octanol–water partition coefficient (Wildman–Crippen LogP) is 2.34. The molecule has 2 aromatic carbocycles. The standard InChI is InChI=1S/C21H24N2O3/c22-18-14-23(13-17(18)16-4-2-1-3-5-16)21(24)9-7-15-6-8-19-20(12-15)26-11-10-25-19/h1-6,8,12,17-18H,7,9-11,13-14,22H2/t17-,18+/m0/s1. The first kappa shape index (κ1) is 16.9. The molecular formula is C21H24N2O3. The first-order chi connectivity index (χ1) is 12.7. The van der Waals surface area contributed by atoms with Crippen molar-refractivity contribution in [1.29, 1.82) is 0 Å². The lowest BCUT2D eigenvalue weighted by molar-refractivity contribution is -0.130. The van der Waals surface area contributed by atoms with Crippen molar-refractivity contribution in [3.8, 4) is 11.5 Å². The van der Waals surface area contributed by atoms with Crippen molar-refractivity contribution in [1.82, 2.24) is 4.90 Å². The Kier molecular flexibility index (Phi) is 4.80. The molecule has 1 fully saturated rings. The molecule has 2 heterocycles. The first-order valence-electron chi connectivity index (χ1n) is 9.17. The number of carbonyl (C=O) groups is 1. The molecule has 2 aliphatic rings. The lowest BCUT2D eigenvalue weighted by atomic mass is 9.95. The van der Waals surface area contributed by atoms with Crippen LogP contribution in [0.4, 0.5) is 0 Å². The third kappa shape index (κ3) is 3.53. The summed E-state index contributed by atoms with van der Waals surface area (Å²) in [5.74, 6) is 1.93. The van der Waals surface area contributed by atoms with Gasteiger partial charge in [0.15, 0.2) is 11.5 Å². The van der Waals surface area contributed by atoms with Crippen molar-refractivity contribution in [2.24, 2.45) is 5.73 Å². The maximum absolute atomic E-state index is 12.6. The highest BCUT2D eigenvalue weighted by Gasteiger charge is 2.33. The van der Waals surface area contributed by atoms with Crippen LogP contribution >= 0.6 is 0 Å². The van der Waals surface area contributed by atoms with E-state index in [9.17, 15) is 4.79 Å². The number of aryl methyl sites for hydroxylation is 1. The van der Waals surface area contributed by atoms with Gasteiger partial charge in [-0.1, -0.05) is 36.4 Å². The molecule has 0 spiro atoms. The molecule has 0 radical (unpaired) electrons. The normalized spacial score (nSPS) is 21.7. The van der Waals surface area contributed by atoms with Crippen molar-refractivity contribution in [2.45, 2.75) is 24.8 Å². The van der Waals surface area contributed by atoms with E-state index in [2.05, 4.69) is 12.1 Å². The lowest BCUT2D eigenvalue weighted by Crippen LogP contribution is -2.32. The zero-order valence-electron chi connectivity index (χ0n) is 14.8. The maximum atomic E-state index is 12.6. The summed E-state index contributed by atoms with van der Waals surface area (Å²) in [6, 6.07) is 16.1. The van der Waals surface area contributed by atoms with Crippen LogP contribution in [-0.2, 0) is 11.2 Å². The molecule has 5 heteroatoms. The van der Waals surface area contributed by atoms with Crippen molar-refractivity contribution in [2.75, 3.05) is 26.3 Å². The Bertz CT molecular complexity index is 778. The fraction of sp³-hybridized carbons (Fsp3) is 0.381. The number of hydrogen-bond acceptors (Lipinski definition) is 4. The summed E-state index contributed by atoms with van der Waals surface area (Å²) in [7, 11) is 0. The van der Waals surface area contributed by atoms with Crippen LogP contribution in [0.2, 0.25) is 0 Å². The quantitative estimate of drug-likeness (QED) is 0.917. The average molecular weight is 352 g/mol. The Balaban J connectivity index is 1.35. The molecule has 0 unspecified atom stereocenters. The van der Waals surface area contributed by atoms with Crippen LogP contribution < -0.4 is 15.2 Å². The highest BCUT2D eigenvalue weighted by atomic mass is 16.6.